The summed E-state index contributed by atoms with van der Waals surface area (Å²) in [5.74, 6) is 0.699. The number of hydrogen-bond donors (Lipinski definition) is 1. The van der Waals surface area contributed by atoms with Crippen LogP contribution in [0.15, 0.2) is 66.1 Å². The third kappa shape index (κ3) is 5.47. The van der Waals surface area contributed by atoms with Crippen molar-refractivity contribution < 1.29 is 18.3 Å². The average Bonchev–Trinajstić information content (AvgIpc) is 2.70. The number of ether oxygens (including phenoxy) is 1. The SMILES string of the molecule is C=CCN(C(CC(C)C)C(O)c1ccccc1OC)S(=O)(=O)c1ccc(C)cc1. The monoisotopic (exact) mass is 417 g/mol. The van der Waals surface area contributed by atoms with E-state index in [0.717, 1.165) is 5.56 Å². The minimum absolute atomic E-state index is 0.0970. The lowest BCUT2D eigenvalue weighted by atomic mass is 9.94. The topological polar surface area (TPSA) is 66.8 Å². The minimum atomic E-state index is -3.84. The molecule has 0 aliphatic carbocycles. The van der Waals surface area contributed by atoms with Gasteiger partial charge in [-0.15, -0.1) is 6.58 Å². The van der Waals surface area contributed by atoms with Gasteiger partial charge >= 0.3 is 0 Å². The van der Waals surface area contributed by atoms with Gasteiger partial charge < -0.3 is 9.84 Å². The van der Waals surface area contributed by atoms with Gasteiger partial charge in [-0.1, -0.05) is 55.8 Å². The van der Waals surface area contributed by atoms with Gasteiger partial charge in [0.05, 0.1) is 24.2 Å². The van der Waals surface area contributed by atoms with E-state index in [0.29, 0.717) is 17.7 Å². The number of nitrogens with zero attached hydrogens (tertiary/aromatic N) is 1. The maximum Gasteiger partial charge on any atom is 0.243 e. The van der Waals surface area contributed by atoms with Crippen LogP contribution >= 0.6 is 0 Å². The molecule has 158 valence electrons. The van der Waals surface area contributed by atoms with E-state index in [9.17, 15) is 13.5 Å². The molecule has 0 amide bonds. The molecule has 0 aliphatic heterocycles. The van der Waals surface area contributed by atoms with Crippen LogP contribution in [0.4, 0.5) is 0 Å². The summed E-state index contributed by atoms with van der Waals surface area (Å²) in [6.07, 6.45) is 0.986. The first-order valence-corrected chi connectivity index (χ1v) is 11.2. The molecule has 29 heavy (non-hydrogen) atoms. The molecule has 1 N–H and O–H groups in total. The summed E-state index contributed by atoms with van der Waals surface area (Å²) in [5.41, 5.74) is 1.54. The van der Waals surface area contributed by atoms with Crippen molar-refractivity contribution in [2.24, 2.45) is 5.92 Å². The lowest BCUT2D eigenvalue weighted by molar-refractivity contribution is 0.0789. The molecule has 2 rings (SSSR count). The second-order valence-electron chi connectivity index (χ2n) is 7.56. The molecule has 2 atom stereocenters. The van der Waals surface area contributed by atoms with Gasteiger partial charge in [-0.05, 0) is 37.5 Å². The summed E-state index contributed by atoms with van der Waals surface area (Å²) in [5, 5.41) is 11.3. The maximum absolute atomic E-state index is 13.5. The van der Waals surface area contributed by atoms with E-state index in [4.69, 9.17) is 4.74 Å². The number of methoxy groups -OCH3 is 1. The Morgan fingerprint density at radius 3 is 2.31 bits per heavy atom. The third-order valence-electron chi connectivity index (χ3n) is 4.84. The van der Waals surface area contributed by atoms with Crippen LogP contribution in [-0.2, 0) is 10.0 Å². The fourth-order valence-electron chi connectivity index (χ4n) is 3.39. The molecule has 0 aliphatic rings. The van der Waals surface area contributed by atoms with Crippen molar-refractivity contribution in [3.8, 4) is 5.75 Å². The van der Waals surface area contributed by atoms with E-state index >= 15 is 0 Å². The van der Waals surface area contributed by atoms with Gasteiger partial charge in [-0.3, -0.25) is 0 Å². The summed E-state index contributed by atoms with van der Waals surface area (Å²) in [4.78, 5) is 0.200. The molecule has 2 aromatic rings. The van der Waals surface area contributed by atoms with E-state index in [1.165, 1.54) is 11.4 Å². The van der Waals surface area contributed by atoms with Gasteiger partial charge in [0, 0.05) is 12.1 Å². The summed E-state index contributed by atoms with van der Waals surface area (Å²) in [6, 6.07) is 13.2. The first-order valence-electron chi connectivity index (χ1n) is 9.72. The zero-order valence-corrected chi connectivity index (χ0v) is 18.4. The molecule has 0 saturated carbocycles. The van der Waals surface area contributed by atoms with Crippen molar-refractivity contribution in [2.75, 3.05) is 13.7 Å². The normalized spacial score (nSPS) is 14.0. The molecule has 0 bridgehead atoms. The molecule has 6 heteroatoms. The zero-order valence-electron chi connectivity index (χ0n) is 17.6. The summed E-state index contributed by atoms with van der Waals surface area (Å²) < 4.78 is 33.7. The van der Waals surface area contributed by atoms with E-state index in [1.54, 1.807) is 48.5 Å². The predicted molar refractivity (Wildman–Crippen MR) is 116 cm³/mol. The van der Waals surface area contributed by atoms with Crippen LogP contribution in [0, 0.1) is 12.8 Å². The highest BCUT2D eigenvalue weighted by molar-refractivity contribution is 7.89. The minimum Gasteiger partial charge on any atom is -0.496 e. The van der Waals surface area contributed by atoms with Crippen LogP contribution in [0.2, 0.25) is 0 Å². The predicted octanol–water partition coefficient (Wildman–Crippen LogP) is 4.33. The average molecular weight is 418 g/mol. The number of benzene rings is 2. The van der Waals surface area contributed by atoms with Crippen molar-refractivity contribution in [2.45, 2.75) is 44.2 Å². The molecule has 0 heterocycles. The van der Waals surface area contributed by atoms with Gasteiger partial charge in [-0.2, -0.15) is 4.31 Å². The van der Waals surface area contributed by atoms with Gasteiger partial charge in [0.2, 0.25) is 10.0 Å². The van der Waals surface area contributed by atoms with Gasteiger partial charge in [0.15, 0.2) is 0 Å². The van der Waals surface area contributed by atoms with Crippen LogP contribution in [-0.4, -0.2) is 37.5 Å². The lowest BCUT2D eigenvalue weighted by Crippen LogP contribution is -2.44. The molecule has 0 aromatic heterocycles. The van der Waals surface area contributed by atoms with Crippen molar-refractivity contribution in [3.63, 3.8) is 0 Å². The Morgan fingerprint density at radius 1 is 1.14 bits per heavy atom. The van der Waals surface area contributed by atoms with Crippen LogP contribution in [0.3, 0.4) is 0 Å². The van der Waals surface area contributed by atoms with E-state index in [2.05, 4.69) is 6.58 Å². The second kappa shape index (κ2) is 10.1. The third-order valence-corrected chi connectivity index (χ3v) is 6.75. The first-order chi connectivity index (χ1) is 13.7. The highest BCUT2D eigenvalue weighted by atomic mass is 32.2. The molecule has 0 spiro atoms. The van der Waals surface area contributed by atoms with Crippen LogP contribution in [0.5, 0.6) is 5.75 Å². The lowest BCUT2D eigenvalue weighted by Gasteiger charge is -2.35. The number of aryl methyl sites for hydroxylation is 1. The van der Waals surface area contributed by atoms with Crippen molar-refractivity contribution >= 4 is 10.0 Å². The molecule has 2 unspecified atom stereocenters. The molecule has 0 fully saturated rings. The Kier molecular flexibility index (Phi) is 8.02. The van der Waals surface area contributed by atoms with Crippen LogP contribution < -0.4 is 4.74 Å². The first kappa shape index (κ1) is 23.1. The molecular formula is C23H31NO4S. The quantitative estimate of drug-likeness (QED) is 0.585. The number of aliphatic hydroxyl groups is 1. The van der Waals surface area contributed by atoms with Crippen molar-refractivity contribution in [3.05, 3.63) is 72.3 Å². The smallest absolute Gasteiger partial charge is 0.243 e. The number of para-hydroxylation sites is 1. The standard InChI is InChI=1S/C23H31NO4S/c1-6-15-24(29(26,27)19-13-11-18(4)12-14-19)21(16-17(2)3)23(25)20-9-7-8-10-22(20)28-5/h6-14,17,21,23,25H,1,15-16H2,2-5H3. The highest BCUT2D eigenvalue weighted by Crippen LogP contribution is 2.34. The highest BCUT2D eigenvalue weighted by Gasteiger charge is 2.37. The fraction of sp³-hybridized carbons (Fsp3) is 0.391. The summed E-state index contributed by atoms with van der Waals surface area (Å²) >= 11 is 0. The van der Waals surface area contributed by atoms with E-state index < -0.39 is 22.2 Å². The number of hydrogen-bond acceptors (Lipinski definition) is 4. The van der Waals surface area contributed by atoms with Gasteiger partial charge in [0.25, 0.3) is 0 Å². The Hall–Kier alpha value is -2.15. The molecule has 0 radical (unpaired) electrons. The largest absolute Gasteiger partial charge is 0.496 e. The van der Waals surface area contributed by atoms with Crippen LogP contribution in [0.1, 0.15) is 37.5 Å². The number of sulfonamides is 1. The summed E-state index contributed by atoms with van der Waals surface area (Å²) in [7, 11) is -2.30. The Morgan fingerprint density at radius 2 is 1.76 bits per heavy atom. The Bertz CT molecular complexity index is 907. The van der Waals surface area contributed by atoms with Gasteiger partial charge in [0.1, 0.15) is 5.75 Å². The zero-order chi connectivity index (χ0) is 21.6. The van der Waals surface area contributed by atoms with Crippen molar-refractivity contribution in [1.29, 1.82) is 0 Å². The van der Waals surface area contributed by atoms with Crippen LogP contribution in [0.25, 0.3) is 0 Å². The molecule has 2 aromatic carbocycles. The van der Waals surface area contributed by atoms with Crippen molar-refractivity contribution in [1.82, 2.24) is 4.31 Å². The molecular weight excluding hydrogens is 386 g/mol. The Balaban J connectivity index is 2.55. The molecule has 5 nitrogen and oxygen atoms in total. The summed E-state index contributed by atoms with van der Waals surface area (Å²) in [6.45, 7) is 9.75. The number of aliphatic hydroxyl groups excluding tert-OH is 1. The second-order valence-corrected chi connectivity index (χ2v) is 9.45. The number of rotatable bonds is 10. The van der Waals surface area contributed by atoms with Gasteiger partial charge in [-0.25, -0.2) is 8.42 Å². The fourth-order valence-corrected chi connectivity index (χ4v) is 5.00. The van der Waals surface area contributed by atoms with E-state index in [-0.39, 0.29) is 17.4 Å². The maximum atomic E-state index is 13.5. The Labute approximate surface area is 174 Å². The molecule has 0 saturated heterocycles. The van der Waals surface area contributed by atoms with E-state index in [1.807, 2.05) is 26.8 Å².